The van der Waals surface area contributed by atoms with E-state index < -0.39 is 5.97 Å². The highest BCUT2D eigenvalue weighted by molar-refractivity contribution is 6.17. The molecule has 0 aliphatic heterocycles. The lowest BCUT2D eigenvalue weighted by atomic mass is 10.2. The number of nitrogens with zero attached hydrogens (tertiary/aromatic N) is 1. The summed E-state index contributed by atoms with van der Waals surface area (Å²) in [6, 6.07) is 3.03. The number of alkyl halides is 1. The fourth-order valence-corrected chi connectivity index (χ4v) is 1.28. The highest BCUT2D eigenvalue weighted by atomic mass is 35.5. The molecule has 0 saturated carbocycles. The van der Waals surface area contributed by atoms with Crippen LogP contribution in [-0.4, -0.2) is 24.0 Å². The van der Waals surface area contributed by atoms with E-state index in [2.05, 4.69) is 15.0 Å². The minimum absolute atomic E-state index is 0.115. The number of rotatable bonds is 3. The zero-order valence-corrected chi connectivity index (χ0v) is 9.67. The molecule has 0 aliphatic rings. The first-order chi connectivity index (χ1) is 7.56. The van der Waals surface area contributed by atoms with Crippen molar-refractivity contribution in [2.45, 2.75) is 12.8 Å². The third kappa shape index (κ3) is 3.20. The summed E-state index contributed by atoms with van der Waals surface area (Å²) in [5.41, 5.74) is 1.08. The Balaban J connectivity index is 3.10. The molecule has 1 aromatic rings. The minimum Gasteiger partial charge on any atom is -0.464 e. The standard InChI is InChI=1S/C10H11ClN2O3/c1-6(14)12-7-3-8(5-11)13-9(4-7)10(15)16-2/h3-4H,5H2,1-2H3,(H,12,13,14). The second kappa shape index (κ2) is 5.46. The quantitative estimate of drug-likeness (QED) is 0.645. The van der Waals surface area contributed by atoms with E-state index in [-0.39, 0.29) is 17.5 Å². The molecule has 0 aromatic carbocycles. The number of pyridine rings is 1. The third-order valence-electron chi connectivity index (χ3n) is 1.73. The molecule has 0 aliphatic carbocycles. The Morgan fingerprint density at radius 1 is 1.50 bits per heavy atom. The fourth-order valence-electron chi connectivity index (χ4n) is 1.14. The van der Waals surface area contributed by atoms with E-state index in [0.717, 1.165) is 0 Å². The zero-order chi connectivity index (χ0) is 12.1. The lowest BCUT2D eigenvalue weighted by molar-refractivity contribution is -0.114. The Labute approximate surface area is 97.8 Å². The Kier molecular flexibility index (Phi) is 4.25. The van der Waals surface area contributed by atoms with Crippen LogP contribution in [0.15, 0.2) is 12.1 Å². The van der Waals surface area contributed by atoms with Crippen LogP contribution < -0.4 is 5.32 Å². The molecule has 0 atom stereocenters. The van der Waals surface area contributed by atoms with Crippen LogP contribution in [0.25, 0.3) is 0 Å². The first kappa shape index (κ1) is 12.4. The van der Waals surface area contributed by atoms with Crippen molar-refractivity contribution in [1.29, 1.82) is 0 Å². The van der Waals surface area contributed by atoms with E-state index in [1.165, 1.54) is 20.1 Å². The first-order valence-electron chi connectivity index (χ1n) is 4.49. The largest absolute Gasteiger partial charge is 0.464 e. The predicted molar refractivity (Wildman–Crippen MR) is 59.4 cm³/mol. The van der Waals surface area contributed by atoms with Gasteiger partial charge in [0.05, 0.1) is 18.7 Å². The molecule has 0 unspecified atom stereocenters. The summed E-state index contributed by atoms with van der Waals surface area (Å²) in [7, 11) is 1.26. The molecule has 0 radical (unpaired) electrons. The number of carbonyl (C=O) groups is 2. The van der Waals surface area contributed by atoms with Crippen LogP contribution >= 0.6 is 11.6 Å². The van der Waals surface area contributed by atoms with E-state index in [0.29, 0.717) is 11.4 Å². The third-order valence-corrected chi connectivity index (χ3v) is 2.00. The first-order valence-corrected chi connectivity index (χ1v) is 5.03. The van der Waals surface area contributed by atoms with Crippen molar-refractivity contribution in [3.8, 4) is 0 Å². The number of aromatic nitrogens is 1. The smallest absolute Gasteiger partial charge is 0.356 e. The summed E-state index contributed by atoms with van der Waals surface area (Å²) in [6.45, 7) is 1.37. The maximum atomic E-state index is 11.3. The van der Waals surface area contributed by atoms with Crippen LogP contribution in [0.4, 0.5) is 5.69 Å². The van der Waals surface area contributed by atoms with E-state index in [9.17, 15) is 9.59 Å². The number of hydrogen-bond donors (Lipinski definition) is 1. The van der Waals surface area contributed by atoms with Crippen LogP contribution in [0.5, 0.6) is 0 Å². The molecule has 1 rings (SSSR count). The molecule has 0 saturated heterocycles. The lowest BCUT2D eigenvalue weighted by Gasteiger charge is -2.06. The van der Waals surface area contributed by atoms with Gasteiger partial charge in [-0.2, -0.15) is 0 Å². The van der Waals surface area contributed by atoms with E-state index in [1.54, 1.807) is 6.07 Å². The van der Waals surface area contributed by atoms with Gasteiger partial charge < -0.3 is 10.1 Å². The summed E-state index contributed by atoms with van der Waals surface area (Å²) in [4.78, 5) is 26.1. The van der Waals surface area contributed by atoms with Gasteiger partial charge >= 0.3 is 5.97 Å². The number of halogens is 1. The highest BCUT2D eigenvalue weighted by Gasteiger charge is 2.10. The van der Waals surface area contributed by atoms with Gasteiger partial charge in [-0.1, -0.05) is 0 Å². The number of methoxy groups -OCH3 is 1. The van der Waals surface area contributed by atoms with Gasteiger partial charge in [-0.3, -0.25) is 4.79 Å². The lowest BCUT2D eigenvalue weighted by Crippen LogP contribution is -2.10. The van der Waals surface area contributed by atoms with Crippen molar-refractivity contribution in [1.82, 2.24) is 4.98 Å². The molecule has 1 heterocycles. The maximum Gasteiger partial charge on any atom is 0.356 e. The average Bonchev–Trinajstić information content (AvgIpc) is 2.26. The zero-order valence-electron chi connectivity index (χ0n) is 8.91. The molecule has 0 fully saturated rings. The van der Waals surface area contributed by atoms with Crippen molar-refractivity contribution in [3.63, 3.8) is 0 Å². The molecule has 86 valence electrons. The number of nitrogens with one attached hydrogen (secondary N) is 1. The number of carbonyl (C=O) groups excluding carboxylic acids is 2. The molecule has 0 spiro atoms. The summed E-state index contributed by atoms with van der Waals surface area (Å²) in [5.74, 6) is -0.654. The summed E-state index contributed by atoms with van der Waals surface area (Å²) in [6.07, 6.45) is 0. The molecule has 5 nitrogen and oxygen atoms in total. The van der Waals surface area contributed by atoms with Crippen LogP contribution in [0, 0.1) is 0 Å². The summed E-state index contributed by atoms with van der Waals surface area (Å²) < 4.78 is 4.54. The van der Waals surface area contributed by atoms with Crippen molar-refractivity contribution in [2.75, 3.05) is 12.4 Å². The van der Waals surface area contributed by atoms with Crippen LogP contribution in [0.3, 0.4) is 0 Å². The van der Waals surface area contributed by atoms with Gasteiger partial charge in [-0.05, 0) is 12.1 Å². The molecule has 0 bridgehead atoms. The minimum atomic E-state index is -0.571. The second-order valence-corrected chi connectivity index (χ2v) is 3.31. The van der Waals surface area contributed by atoms with Gasteiger partial charge in [-0.25, -0.2) is 9.78 Å². The van der Waals surface area contributed by atoms with Crippen LogP contribution in [0.2, 0.25) is 0 Å². The molecule has 16 heavy (non-hydrogen) atoms. The molecule has 1 aromatic heterocycles. The van der Waals surface area contributed by atoms with Gasteiger partial charge in [0.15, 0.2) is 5.69 Å². The van der Waals surface area contributed by atoms with Gasteiger partial charge in [0.2, 0.25) is 5.91 Å². The number of ether oxygens (including phenoxy) is 1. The Hall–Kier alpha value is -1.62. The molecular formula is C10H11ClN2O3. The van der Waals surface area contributed by atoms with Gasteiger partial charge in [0.25, 0.3) is 0 Å². The Bertz CT molecular complexity index is 421. The Morgan fingerprint density at radius 3 is 2.69 bits per heavy atom. The highest BCUT2D eigenvalue weighted by Crippen LogP contribution is 2.14. The number of amides is 1. The number of anilines is 1. The van der Waals surface area contributed by atoms with Crippen LogP contribution in [-0.2, 0) is 15.4 Å². The van der Waals surface area contributed by atoms with E-state index in [4.69, 9.17) is 11.6 Å². The SMILES string of the molecule is COC(=O)c1cc(NC(C)=O)cc(CCl)n1. The number of esters is 1. The topological polar surface area (TPSA) is 68.3 Å². The molecule has 1 amide bonds. The van der Waals surface area contributed by atoms with Crippen molar-refractivity contribution in [3.05, 3.63) is 23.5 Å². The Morgan fingerprint density at radius 2 is 2.19 bits per heavy atom. The van der Waals surface area contributed by atoms with Gasteiger partial charge in [-0.15, -0.1) is 11.6 Å². The second-order valence-electron chi connectivity index (χ2n) is 3.04. The normalized spacial score (nSPS) is 9.69. The summed E-state index contributed by atoms with van der Waals surface area (Å²) >= 11 is 5.63. The van der Waals surface area contributed by atoms with Crippen LogP contribution in [0.1, 0.15) is 23.1 Å². The average molecular weight is 243 g/mol. The van der Waals surface area contributed by atoms with E-state index in [1.807, 2.05) is 0 Å². The number of hydrogen-bond acceptors (Lipinski definition) is 4. The fraction of sp³-hybridized carbons (Fsp3) is 0.300. The van der Waals surface area contributed by atoms with Crippen molar-refractivity contribution >= 4 is 29.2 Å². The maximum absolute atomic E-state index is 11.3. The van der Waals surface area contributed by atoms with Gasteiger partial charge in [0, 0.05) is 12.6 Å². The van der Waals surface area contributed by atoms with E-state index >= 15 is 0 Å². The molecular weight excluding hydrogens is 232 g/mol. The summed E-state index contributed by atoms with van der Waals surface area (Å²) in [5, 5.41) is 2.55. The predicted octanol–water partition coefficient (Wildman–Crippen LogP) is 1.57. The van der Waals surface area contributed by atoms with Crippen molar-refractivity contribution < 1.29 is 14.3 Å². The van der Waals surface area contributed by atoms with Gasteiger partial charge in [0.1, 0.15) is 0 Å². The molecule has 1 N–H and O–H groups in total. The monoisotopic (exact) mass is 242 g/mol. The molecule has 6 heteroatoms. The van der Waals surface area contributed by atoms with Crippen molar-refractivity contribution in [2.24, 2.45) is 0 Å².